The van der Waals surface area contributed by atoms with Crippen molar-refractivity contribution < 1.29 is 109 Å². The Labute approximate surface area is 476 Å². The summed E-state index contributed by atoms with van der Waals surface area (Å²) in [4.78, 5) is 26.9. The number of carbonyl (C=O) groups is 2. The number of carbonyl (C=O) groups excluding carboxylic acids is 2. The van der Waals surface area contributed by atoms with Crippen LogP contribution in [0.5, 0.6) is 0 Å². The van der Waals surface area contributed by atoms with Gasteiger partial charge in [0.2, 0.25) is 11.7 Å². The van der Waals surface area contributed by atoms with Gasteiger partial charge in [-0.05, 0) is 40.0 Å². The fourth-order valence-electron chi connectivity index (χ4n) is 10.1. The van der Waals surface area contributed by atoms with Gasteiger partial charge in [-0.15, -0.1) is 0 Å². The topological polar surface area (TPSA) is 414 Å². The molecule has 1 aromatic heterocycles. The highest BCUT2D eigenvalue weighted by Gasteiger charge is 2.53. The number of aliphatic hydroxyl groups is 14. The summed E-state index contributed by atoms with van der Waals surface area (Å²) in [7, 11) is 0. The second-order valence-corrected chi connectivity index (χ2v) is 22.0. The van der Waals surface area contributed by atoms with Gasteiger partial charge in [-0.3, -0.25) is 9.59 Å². The van der Waals surface area contributed by atoms with Crippen molar-refractivity contribution in [1.82, 2.24) is 10.5 Å². The maximum absolute atomic E-state index is 14.1. The number of hydrogen-bond acceptors (Lipinski definition) is 24. The van der Waals surface area contributed by atoms with Gasteiger partial charge >= 0.3 is 5.97 Å². The van der Waals surface area contributed by atoms with E-state index in [1.54, 1.807) is 99.8 Å². The number of fused-ring (bicyclic) bond motifs is 2. The summed E-state index contributed by atoms with van der Waals surface area (Å²) in [5.74, 6) is -8.43. The van der Waals surface area contributed by atoms with Crippen molar-refractivity contribution in [2.24, 2.45) is 17.8 Å². The number of aromatic nitrogens is 1. The van der Waals surface area contributed by atoms with Crippen LogP contribution in [0, 0.1) is 24.7 Å². The highest BCUT2D eigenvalue weighted by molar-refractivity contribution is 5.92. The maximum Gasteiger partial charge on any atom is 0.308 e. The fourth-order valence-corrected chi connectivity index (χ4v) is 10.1. The quantitative estimate of drug-likeness (QED) is 0.146. The van der Waals surface area contributed by atoms with Crippen LogP contribution in [0.1, 0.15) is 84.8 Å². The highest BCUT2D eigenvalue weighted by atomic mass is 16.7. The average Bonchev–Trinajstić information content (AvgIpc) is 3.82. The van der Waals surface area contributed by atoms with Gasteiger partial charge in [0, 0.05) is 43.6 Å². The Bertz CT molecular complexity index is 2350. The van der Waals surface area contributed by atoms with Gasteiger partial charge in [-0.25, -0.2) is 0 Å². The summed E-state index contributed by atoms with van der Waals surface area (Å²) in [6.45, 7) is 7.00. The summed E-state index contributed by atoms with van der Waals surface area (Å²) >= 11 is 0. The lowest BCUT2D eigenvalue weighted by Crippen LogP contribution is -2.69. The zero-order valence-electron chi connectivity index (χ0n) is 46.8. The Hall–Kier alpha value is -4.43. The molecule has 3 saturated heterocycles. The van der Waals surface area contributed by atoms with Crippen LogP contribution in [0.3, 0.4) is 0 Å². The molecule has 4 unspecified atom stereocenters. The molecule has 0 saturated carbocycles. The van der Waals surface area contributed by atoms with E-state index >= 15 is 0 Å². The van der Waals surface area contributed by atoms with Crippen molar-refractivity contribution in [1.29, 1.82) is 0 Å². The fraction of sp³-hybridized carbons (Fsp3) is 0.667. The standard InChI is InChI=1S/C57H87N3O22/c1-31-18-16-14-12-10-8-6-7-9-11-13-15-17-19-39(80-55-52(72)48(50(70)35(5)79-55)58-30-57(76)53(73)51(71)43(67)29-77-57)26-44-47(54(74)59-45-22-32(2)82-60-45)42(66)28-56(75,81-44)27-38(63)24-41(65)40(64)21-20-36(61)23-37(62)25-46(68)78-34(4)33(3)49(31)69/h6-19,22,31,33-44,47-53,55,58,61-67,69-73,75-76H,20-21,23-30H2,1-5H3,(H,59,60,74)/t31-,33?,34-,35+,36+,37+,38-,39-,40+,41+,42-,43+,44?,47?,48-,49+,50+,51-,52-,53-,55?,56+,57+/m0/s1. The zero-order valence-corrected chi connectivity index (χ0v) is 46.8. The van der Waals surface area contributed by atoms with E-state index in [0.29, 0.717) is 5.76 Å². The molecule has 0 radical (unpaired) electrons. The first kappa shape index (κ1) is 68.4. The van der Waals surface area contributed by atoms with Crippen LogP contribution in [-0.2, 0) is 33.3 Å². The summed E-state index contributed by atoms with van der Waals surface area (Å²) < 4.78 is 34.4. The lowest BCUT2D eigenvalue weighted by molar-refractivity contribution is -0.323. The van der Waals surface area contributed by atoms with Gasteiger partial charge in [0.05, 0.1) is 98.7 Å². The van der Waals surface area contributed by atoms with Crippen molar-refractivity contribution in [3.63, 3.8) is 0 Å². The normalized spacial score (nSPS) is 41.5. The summed E-state index contributed by atoms with van der Waals surface area (Å²) in [6.07, 6.45) is -3.94. The Morgan fingerprint density at radius 3 is 1.93 bits per heavy atom. The molecule has 25 nitrogen and oxygen atoms in total. The number of allylic oxidation sites excluding steroid dienone is 12. The second-order valence-electron chi connectivity index (χ2n) is 22.0. The van der Waals surface area contributed by atoms with Crippen LogP contribution in [0.25, 0.3) is 0 Å². The largest absolute Gasteiger partial charge is 0.462 e. The summed E-state index contributed by atoms with van der Waals surface area (Å²) in [6, 6.07) is 0.0544. The van der Waals surface area contributed by atoms with Crippen molar-refractivity contribution in [3.8, 4) is 0 Å². The number of nitrogens with one attached hydrogen (secondary N) is 2. The molecule has 16 N–H and O–H groups in total. The van der Waals surface area contributed by atoms with E-state index in [9.17, 15) is 81.1 Å². The van der Waals surface area contributed by atoms with Crippen molar-refractivity contribution in [3.05, 3.63) is 96.9 Å². The Balaban J connectivity index is 1.43. The molecule has 0 aromatic carbocycles. The SMILES string of the molecule is Cc1cc(NC(=O)C2C3C[C@@H](OC4O[C@H](C)[C@@H](O)[C@H](NC[C@@]5(O)OC[C@@H](O)[C@H](O)[C@@H]5O)[C@@H]4O)C=CC=CC=CC=CC=CC=CC=C[C@H](C)[C@@H](O)C(C)[C@H](C)OC(=O)C[C@H](O)C[C@H](O)CC[C@@H](O)[C@H](O)C[C@H](O)C[C@](O)(C[C@@H]2O)O3)no1. The number of anilines is 1. The number of rotatable bonds is 7. The minimum Gasteiger partial charge on any atom is -0.462 e. The molecule has 462 valence electrons. The Kier molecular flexibility index (Phi) is 26.8. The van der Waals surface area contributed by atoms with E-state index < -0.39 is 191 Å². The van der Waals surface area contributed by atoms with Crippen molar-refractivity contribution >= 4 is 17.7 Å². The molecule has 82 heavy (non-hydrogen) atoms. The Morgan fingerprint density at radius 1 is 0.683 bits per heavy atom. The third-order valence-corrected chi connectivity index (χ3v) is 15.1. The molecule has 4 aliphatic rings. The summed E-state index contributed by atoms with van der Waals surface area (Å²) in [5.41, 5.74) is 0. The number of aryl methyl sites for hydroxylation is 1. The van der Waals surface area contributed by atoms with Gasteiger partial charge in [-0.1, -0.05) is 104 Å². The maximum atomic E-state index is 14.1. The van der Waals surface area contributed by atoms with E-state index in [-0.39, 0.29) is 31.0 Å². The molecule has 1 aromatic rings. The van der Waals surface area contributed by atoms with Crippen LogP contribution < -0.4 is 10.6 Å². The average molecular weight is 1170 g/mol. The number of esters is 1. The first-order chi connectivity index (χ1) is 38.7. The van der Waals surface area contributed by atoms with Gasteiger partial charge < -0.3 is 110 Å². The monoisotopic (exact) mass is 1170 g/mol. The van der Waals surface area contributed by atoms with Gasteiger partial charge in [0.25, 0.3) is 0 Å². The predicted octanol–water partition coefficient (Wildman–Crippen LogP) is -1.01. The predicted molar refractivity (Wildman–Crippen MR) is 292 cm³/mol. The molecule has 25 heteroatoms. The van der Waals surface area contributed by atoms with Crippen LogP contribution >= 0.6 is 0 Å². The van der Waals surface area contributed by atoms with Gasteiger partial charge in [-0.2, -0.15) is 0 Å². The number of amides is 1. The van der Waals surface area contributed by atoms with E-state index in [4.69, 9.17) is 28.2 Å². The van der Waals surface area contributed by atoms with E-state index in [0.717, 1.165) is 0 Å². The molecule has 0 spiro atoms. The highest BCUT2D eigenvalue weighted by Crippen LogP contribution is 2.39. The van der Waals surface area contributed by atoms with Crippen LogP contribution in [0.4, 0.5) is 5.82 Å². The molecule has 5 heterocycles. The number of nitrogens with zero attached hydrogens (tertiary/aromatic N) is 1. The van der Waals surface area contributed by atoms with Gasteiger partial charge in [0.1, 0.15) is 36.3 Å². The number of hydrogen-bond donors (Lipinski definition) is 16. The van der Waals surface area contributed by atoms with Crippen molar-refractivity contribution in [2.75, 3.05) is 18.5 Å². The minimum atomic E-state index is -2.48. The number of cyclic esters (lactones) is 1. The molecular weight excluding hydrogens is 1080 g/mol. The van der Waals surface area contributed by atoms with Crippen molar-refractivity contribution in [2.45, 2.75) is 208 Å². The smallest absolute Gasteiger partial charge is 0.308 e. The third kappa shape index (κ3) is 20.4. The molecule has 3 fully saturated rings. The molecule has 23 atom stereocenters. The molecule has 0 aliphatic carbocycles. The third-order valence-electron chi connectivity index (χ3n) is 15.1. The lowest BCUT2D eigenvalue weighted by Gasteiger charge is -2.47. The number of aliphatic hydroxyl groups excluding tert-OH is 12. The van der Waals surface area contributed by atoms with E-state index in [1.165, 1.54) is 19.1 Å². The molecular formula is C57H87N3O22. The van der Waals surface area contributed by atoms with Gasteiger partial charge in [0.15, 0.2) is 17.9 Å². The lowest BCUT2D eigenvalue weighted by atomic mass is 9.82. The minimum absolute atomic E-state index is 0.0132. The van der Waals surface area contributed by atoms with E-state index in [2.05, 4.69) is 15.8 Å². The molecule has 4 aliphatic heterocycles. The second kappa shape index (κ2) is 32.2. The van der Waals surface area contributed by atoms with E-state index in [1.807, 2.05) is 6.92 Å². The Morgan fingerprint density at radius 2 is 1.30 bits per heavy atom. The first-order valence-corrected chi connectivity index (χ1v) is 27.8. The van der Waals surface area contributed by atoms with Crippen LogP contribution in [0.15, 0.2) is 95.7 Å². The molecule has 5 rings (SSSR count). The number of ether oxygens (including phenoxy) is 5. The first-order valence-electron chi connectivity index (χ1n) is 27.8. The summed E-state index contributed by atoms with van der Waals surface area (Å²) in [5, 5.41) is 163. The van der Waals surface area contributed by atoms with Crippen LogP contribution in [0.2, 0.25) is 0 Å². The molecule has 2 bridgehead atoms. The van der Waals surface area contributed by atoms with Crippen LogP contribution in [-0.4, -0.2) is 223 Å². The molecule has 1 amide bonds. The zero-order chi connectivity index (χ0) is 60.5.